The third-order valence-electron chi connectivity index (χ3n) is 6.52. The quantitative estimate of drug-likeness (QED) is 0.285. The summed E-state index contributed by atoms with van der Waals surface area (Å²) < 4.78 is 2.19. The highest BCUT2D eigenvalue weighted by Crippen LogP contribution is 2.28. The first-order valence-corrected chi connectivity index (χ1v) is 13.2. The number of fused-ring (bicyclic) bond motifs is 1. The molecule has 0 spiro atoms. The molecule has 0 unspecified atom stereocenters. The summed E-state index contributed by atoms with van der Waals surface area (Å²) >= 11 is 7.74. The van der Waals surface area contributed by atoms with Gasteiger partial charge in [-0.15, -0.1) is 0 Å². The van der Waals surface area contributed by atoms with Crippen molar-refractivity contribution in [3.05, 3.63) is 95.0 Å². The summed E-state index contributed by atoms with van der Waals surface area (Å²) in [4.78, 5) is 19.9. The Morgan fingerprint density at radius 2 is 1.62 bits per heavy atom. The molecule has 0 N–H and O–H groups in total. The molecule has 1 fully saturated rings. The fraction of sp³-hybridized carbons (Fsp3) is 0.286. The van der Waals surface area contributed by atoms with Crippen LogP contribution in [0, 0.1) is 5.92 Å². The van der Waals surface area contributed by atoms with Gasteiger partial charge in [0.15, 0.2) is 5.16 Å². The van der Waals surface area contributed by atoms with Gasteiger partial charge < -0.3 is 9.47 Å². The summed E-state index contributed by atoms with van der Waals surface area (Å²) in [7, 11) is 0. The molecule has 1 aliphatic heterocycles. The van der Waals surface area contributed by atoms with Gasteiger partial charge in [-0.2, -0.15) is 0 Å². The predicted octanol–water partition coefficient (Wildman–Crippen LogP) is 6.31. The molecule has 3 aromatic carbocycles. The molecule has 0 atom stereocenters. The highest BCUT2D eigenvalue weighted by molar-refractivity contribution is 7.99. The second-order valence-corrected chi connectivity index (χ2v) is 10.3. The van der Waals surface area contributed by atoms with E-state index < -0.39 is 0 Å². The van der Waals surface area contributed by atoms with Crippen molar-refractivity contribution in [2.24, 2.45) is 5.92 Å². The van der Waals surface area contributed by atoms with Crippen molar-refractivity contribution >= 4 is 40.3 Å². The van der Waals surface area contributed by atoms with Gasteiger partial charge in [0.1, 0.15) is 0 Å². The van der Waals surface area contributed by atoms with Crippen molar-refractivity contribution in [3.63, 3.8) is 0 Å². The van der Waals surface area contributed by atoms with E-state index in [1.165, 1.54) is 22.9 Å². The Labute approximate surface area is 209 Å². The number of halogens is 1. The van der Waals surface area contributed by atoms with Crippen LogP contribution in [0.2, 0.25) is 5.02 Å². The number of thioether (sulfide) groups is 1. The number of carbonyl (C=O) groups is 1. The van der Waals surface area contributed by atoms with Crippen LogP contribution in [-0.4, -0.2) is 39.2 Å². The normalized spacial score (nSPS) is 14.6. The first kappa shape index (κ1) is 23.0. The molecule has 0 radical (unpaired) electrons. The smallest absolute Gasteiger partial charge is 0.233 e. The third kappa shape index (κ3) is 5.48. The molecular formula is C28H28ClN3OS. The summed E-state index contributed by atoms with van der Waals surface area (Å²) in [5, 5.41) is 1.52. The average molecular weight is 490 g/mol. The Balaban J connectivity index is 1.23. The van der Waals surface area contributed by atoms with E-state index in [-0.39, 0.29) is 5.91 Å². The zero-order chi connectivity index (χ0) is 23.3. The minimum atomic E-state index is 0.194. The first-order valence-electron chi connectivity index (χ1n) is 11.8. The first-order chi connectivity index (χ1) is 16.7. The molecule has 0 bridgehead atoms. The minimum Gasteiger partial charge on any atom is -0.342 e. The lowest BCUT2D eigenvalue weighted by atomic mass is 9.90. The molecule has 2 heterocycles. The fourth-order valence-electron chi connectivity index (χ4n) is 4.66. The number of rotatable bonds is 7. The number of hydrogen-bond acceptors (Lipinski definition) is 3. The third-order valence-corrected chi connectivity index (χ3v) is 7.71. The highest BCUT2D eigenvalue weighted by atomic mass is 35.5. The number of aromatic nitrogens is 2. The molecule has 1 aliphatic rings. The number of hydrogen-bond donors (Lipinski definition) is 0. The zero-order valence-electron chi connectivity index (χ0n) is 19.1. The van der Waals surface area contributed by atoms with Crippen LogP contribution in [0.25, 0.3) is 11.0 Å². The molecule has 0 aliphatic carbocycles. The number of amides is 1. The number of carbonyl (C=O) groups excluding carboxylic acids is 1. The standard InChI is InChI=1S/C28H28ClN3OS/c29-24-11-12-26-25(18-24)30-28(32(26)19-23-9-5-2-6-10-23)34-20-27(33)31-15-13-22(14-16-31)17-21-7-3-1-4-8-21/h1-12,18,22H,13-17,19-20H2. The summed E-state index contributed by atoms with van der Waals surface area (Å²) in [6, 6.07) is 26.8. The van der Waals surface area contributed by atoms with Crippen molar-refractivity contribution in [2.45, 2.75) is 31.0 Å². The molecular weight excluding hydrogens is 462 g/mol. The lowest BCUT2D eigenvalue weighted by Gasteiger charge is -2.32. The van der Waals surface area contributed by atoms with Crippen molar-refractivity contribution in [2.75, 3.05) is 18.8 Å². The molecule has 1 amide bonds. The SMILES string of the molecule is O=C(CSc1nc2cc(Cl)ccc2n1Cc1ccccc1)N1CCC(Cc2ccccc2)CC1. The summed E-state index contributed by atoms with van der Waals surface area (Å²) in [6.45, 7) is 2.39. The molecule has 1 aromatic heterocycles. The van der Waals surface area contributed by atoms with Crippen LogP contribution >= 0.6 is 23.4 Å². The monoisotopic (exact) mass is 489 g/mol. The predicted molar refractivity (Wildman–Crippen MR) is 140 cm³/mol. The van der Waals surface area contributed by atoms with Crippen LogP contribution < -0.4 is 0 Å². The van der Waals surface area contributed by atoms with Gasteiger partial charge in [-0.1, -0.05) is 84.0 Å². The van der Waals surface area contributed by atoms with Crippen LogP contribution in [0.15, 0.2) is 84.0 Å². The van der Waals surface area contributed by atoms with E-state index in [9.17, 15) is 4.79 Å². The largest absolute Gasteiger partial charge is 0.342 e. The van der Waals surface area contributed by atoms with Crippen molar-refractivity contribution in [1.82, 2.24) is 14.5 Å². The summed E-state index contributed by atoms with van der Waals surface area (Å²) in [6.07, 6.45) is 3.23. The fourth-order valence-corrected chi connectivity index (χ4v) is 5.74. The van der Waals surface area contributed by atoms with Gasteiger partial charge in [0.05, 0.1) is 23.3 Å². The van der Waals surface area contributed by atoms with E-state index >= 15 is 0 Å². The van der Waals surface area contributed by atoms with E-state index in [0.29, 0.717) is 23.2 Å². The van der Waals surface area contributed by atoms with Crippen molar-refractivity contribution in [3.8, 4) is 0 Å². The van der Waals surface area contributed by atoms with Crippen molar-refractivity contribution < 1.29 is 4.79 Å². The zero-order valence-corrected chi connectivity index (χ0v) is 20.6. The summed E-state index contributed by atoms with van der Waals surface area (Å²) in [5.41, 5.74) is 4.48. The lowest BCUT2D eigenvalue weighted by Crippen LogP contribution is -2.39. The number of nitrogens with zero attached hydrogens (tertiary/aromatic N) is 3. The van der Waals surface area contributed by atoms with Crippen LogP contribution in [0.1, 0.15) is 24.0 Å². The Kier molecular flexibility index (Phi) is 7.21. The number of benzene rings is 3. The van der Waals surface area contributed by atoms with Gasteiger partial charge in [-0.25, -0.2) is 4.98 Å². The lowest BCUT2D eigenvalue weighted by molar-refractivity contribution is -0.129. The second-order valence-electron chi connectivity index (χ2n) is 8.90. The molecule has 5 rings (SSSR count). The number of likely N-dealkylation sites (tertiary alicyclic amines) is 1. The Bertz CT molecular complexity index is 1250. The van der Waals surface area contributed by atoms with Crippen LogP contribution in [0.5, 0.6) is 0 Å². The Hall–Kier alpha value is -2.76. The van der Waals surface area contributed by atoms with Gasteiger partial charge in [-0.05, 0) is 54.5 Å². The molecule has 4 nitrogen and oxygen atoms in total. The minimum absolute atomic E-state index is 0.194. The number of piperidine rings is 1. The van der Waals surface area contributed by atoms with Crippen molar-refractivity contribution in [1.29, 1.82) is 0 Å². The van der Waals surface area contributed by atoms with Gasteiger partial charge in [-0.3, -0.25) is 4.79 Å². The van der Waals surface area contributed by atoms with Gasteiger partial charge in [0.25, 0.3) is 0 Å². The van der Waals surface area contributed by atoms with E-state index in [2.05, 4.69) is 47.0 Å². The van der Waals surface area contributed by atoms with E-state index in [1.807, 2.05) is 41.3 Å². The molecule has 1 saturated heterocycles. The highest BCUT2D eigenvalue weighted by Gasteiger charge is 2.23. The molecule has 0 saturated carbocycles. The Morgan fingerprint density at radius 3 is 2.32 bits per heavy atom. The van der Waals surface area contributed by atoms with E-state index in [0.717, 1.165) is 48.5 Å². The van der Waals surface area contributed by atoms with Gasteiger partial charge in [0, 0.05) is 18.1 Å². The molecule has 6 heteroatoms. The maximum Gasteiger partial charge on any atom is 0.233 e. The average Bonchev–Trinajstić information content (AvgIpc) is 3.20. The van der Waals surface area contributed by atoms with Crippen LogP contribution in [0.4, 0.5) is 0 Å². The molecule has 4 aromatic rings. The topological polar surface area (TPSA) is 38.1 Å². The number of imidazole rings is 1. The maximum atomic E-state index is 13.0. The summed E-state index contributed by atoms with van der Waals surface area (Å²) in [5.74, 6) is 1.24. The van der Waals surface area contributed by atoms with Gasteiger partial charge >= 0.3 is 0 Å². The molecule has 174 valence electrons. The maximum absolute atomic E-state index is 13.0. The van der Waals surface area contributed by atoms with E-state index in [4.69, 9.17) is 16.6 Å². The Morgan fingerprint density at radius 1 is 0.941 bits per heavy atom. The molecule has 34 heavy (non-hydrogen) atoms. The second kappa shape index (κ2) is 10.7. The van der Waals surface area contributed by atoms with Crippen LogP contribution in [-0.2, 0) is 17.8 Å². The van der Waals surface area contributed by atoms with E-state index in [1.54, 1.807) is 0 Å². The van der Waals surface area contributed by atoms with Gasteiger partial charge in [0.2, 0.25) is 5.91 Å². The van der Waals surface area contributed by atoms with Crippen LogP contribution in [0.3, 0.4) is 0 Å².